The summed E-state index contributed by atoms with van der Waals surface area (Å²) in [6.07, 6.45) is 8.49. The van der Waals surface area contributed by atoms with E-state index in [0.717, 1.165) is 34.4 Å². The molecule has 4 bridgehead atoms. The minimum absolute atomic E-state index is 0.286. The molecule has 4 fully saturated rings. The molecule has 1 aromatic heterocycles. The van der Waals surface area contributed by atoms with Crippen molar-refractivity contribution < 1.29 is 0 Å². The maximum atomic E-state index is 5.61. The minimum Gasteiger partial charge on any atom is -0.208 e. The molecule has 8 aromatic carbocycles. The summed E-state index contributed by atoms with van der Waals surface area (Å²) < 4.78 is 0. The fourth-order valence-electron chi connectivity index (χ4n) is 14.7. The van der Waals surface area contributed by atoms with Crippen LogP contribution in [0.1, 0.15) is 91.3 Å². The Labute approximate surface area is 400 Å². The summed E-state index contributed by atoms with van der Waals surface area (Å²) in [5.41, 5.74) is 19.1. The van der Waals surface area contributed by atoms with Gasteiger partial charge in [0.2, 0.25) is 0 Å². The minimum atomic E-state index is -0.543. The van der Waals surface area contributed by atoms with Gasteiger partial charge in [0.15, 0.2) is 17.5 Å². The summed E-state index contributed by atoms with van der Waals surface area (Å²) in [4.78, 5) is 16.5. The fraction of sp³-hybridized carbons (Fsp3) is 0.215. The Morgan fingerprint density at radius 2 is 0.838 bits per heavy atom. The first-order chi connectivity index (χ1) is 33.4. The summed E-state index contributed by atoms with van der Waals surface area (Å²) in [5, 5.41) is 0. The maximum Gasteiger partial charge on any atom is 0.164 e. The Bertz CT molecular complexity index is 3370. The smallest absolute Gasteiger partial charge is 0.164 e. The van der Waals surface area contributed by atoms with Crippen LogP contribution in [0.4, 0.5) is 0 Å². The number of fused-ring (bicyclic) bond motifs is 6. The topological polar surface area (TPSA) is 38.7 Å². The predicted molar refractivity (Wildman–Crippen MR) is 276 cm³/mol. The van der Waals surface area contributed by atoms with Gasteiger partial charge in [0.25, 0.3) is 0 Å². The fourth-order valence-corrected chi connectivity index (χ4v) is 14.7. The van der Waals surface area contributed by atoms with E-state index in [2.05, 4.69) is 208 Å². The molecule has 0 radical (unpaired) electrons. The van der Waals surface area contributed by atoms with Gasteiger partial charge in [-0.15, -0.1) is 0 Å². The van der Waals surface area contributed by atoms with Crippen LogP contribution in [0.25, 0.3) is 67.5 Å². The molecule has 4 saturated carbocycles. The van der Waals surface area contributed by atoms with Crippen molar-refractivity contribution in [2.45, 2.75) is 68.6 Å². The number of aromatic nitrogens is 3. The first-order valence-corrected chi connectivity index (χ1v) is 24.9. The van der Waals surface area contributed by atoms with E-state index in [9.17, 15) is 0 Å². The van der Waals surface area contributed by atoms with Gasteiger partial charge < -0.3 is 0 Å². The Balaban J connectivity index is 0.972. The lowest BCUT2D eigenvalue weighted by molar-refractivity contribution is -0.00518. The van der Waals surface area contributed by atoms with E-state index in [0.29, 0.717) is 22.9 Å². The van der Waals surface area contributed by atoms with Gasteiger partial charge in [0.1, 0.15) is 0 Å². The second kappa shape index (κ2) is 14.9. The number of hydrogen-bond acceptors (Lipinski definition) is 3. The highest BCUT2D eigenvalue weighted by molar-refractivity contribution is 5.92. The molecule has 68 heavy (non-hydrogen) atoms. The van der Waals surface area contributed by atoms with E-state index in [1.54, 1.807) is 5.56 Å². The second-order valence-corrected chi connectivity index (χ2v) is 21.4. The van der Waals surface area contributed by atoms with Crippen LogP contribution in [-0.4, -0.2) is 15.0 Å². The molecule has 0 N–H and O–H groups in total. The van der Waals surface area contributed by atoms with Crippen LogP contribution in [0.5, 0.6) is 0 Å². The standard InChI is InChI=1S/C65H53N3/c1-63(2)56-24-14-12-23-52(56)54-35-47(44-26-29-48(30-27-44)64-38-41-32-42(39-64)34-43(33-41)40-64)36-55(59(54)63)62-67-60(45-16-6-3-7-17-45)66-61(68-62)46-28-31-53-51-22-13-15-25-57(51)65(58(53)37-46,49-18-8-4-9-19-49)50-20-10-5-11-21-50/h3-31,35-37,41-43H,32-34,38-40H2,1-2H3. The number of rotatable bonds is 7. The molecule has 0 unspecified atom stereocenters. The lowest BCUT2D eigenvalue weighted by atomic mass is 9.48. The van der Waals surface area contributed by atoms with E-state index >= 15 is 0 Å². The first kappa shape index (κ1) is 39.9. The van der Waals surface area contributed by atoms with Crippen molar-refractivity contribution >= 4 is 0 Å². The van der Waals surface area contributed by atoms with Crippen molar-refractivity contribution in [1.29, 1.82) is 0 Å². The molecule has 328 valence electrons. The van der Waals surface area contributed by atoms with Crippen molar-refractivity contribution in [2.24, 2.45) is 17.8 Å². The van der Waals surface area contributed by atoms with Crippen LogP contribution in [0.3, 0.4) is 0 Å². The second-order valence-electron chi connectivity index (χ2n) is 21.4. The predicted octanol–water partition coefficient (Wildman–Crippen LogP) is 15.7. The SMILES string of the molecule is CC1(C)c2ccccc2-c2cc(-c3ccc(C45CC6CC(CC(C6)C4)C5)cc3)cc(-c3nc(-c4ccccc4)nc(-c4ccc5c(c4)C(c4ccccc4)(c4ccccc4)c4ccccc4-5)n3)c21. The summed E-state index contributed by atoms with van der Waals surface area (Å²) in [6.45, 7) is 4.73. The molecule has 6 aliphatic carbocycles. The van der Waals surface area contributed by atoms with Crippen molar-refractivity contribution in [1.82, 2.24) is 15.0 Å². The summed E-state index contributed by atoms with van der Waals surface area (Å²) in [6, 6.07) is 71.9. The van der Waals surface area contributed by atoms with Crippen LogP contribution in [-0.2, 0) is 16.2 Å². The molecule has 0 amide bonds. The Morgan fingerprint density at radius 1 is 0.353 bits per heavy atom. The molecule has 9 aromatic rings. The third-order valence-corrected chi connectivity index (χ3v) is 17.1. The molecule has 1 heterocycles. The molecule has 0 spiro atoms. The van der Waals surface area contributed by atoms with Gasteiger partial charge in [-0.25, -0.2) is 15.0 Å². The molecular formula is C65H53N3. The molecular weight excluding hydrogens is 823 g/mol. The largest absolute Gasteiger partial charge is 0.208 e. The van der Waals surface area contributed by atoms with Crippen LogP contribution in [0, 0.1) is 17.8 Å². The van der Waals surface area contributed by atoms with Gasteiger partial charge in [-0.1, -0.05) is 190 Å². The molecule has 3 nitrogen and oxygen atoms in total. The number of nitrogens with zero attached hydrogens (tertiary/aromatic N) is 3. The van der Waals surface area contributed by atoms with Crippen LogP contribution in [0.15, 0.2) is 194 Å². The van der Waals surface area contributed by atoms with Crippen LogP contribution >= 0.6 is 0 Å². The zero-order valence-corrected chi connectivity index (χ0v) is 38.8. The maximum absolute atomic E-state index is 5.61. The van der Waals surface area contributed by atoms with Crippen molar-refractivity contribution in [3.63, 3.8) is 0 Å². The summed E-state index contributed by atoms with van der Waals surface area (Å²) in [7, 11) is 0. The zero-order valence-electron chi connectivity index (χ0n) is 38.8. The number of benzene rings is 8. The molecule has 6 aliphatic rings. The van der Waals surface area contributed by atoms with E-state index in [-0.39, 0.29) is 5.41 Å². The average Bonchev–Trinajstić information content (AvgIpc) is 3.81. The third kappa shape index (κ3) is 5.87. The van der Waals surface area contributed by atoms with Crippen LogP contribution < -0.4 is 0 Å². The molecule has 3 heteroatoms. The van der Waals surface area contributed by atoms with Crippen molar-refractivity contribution in [2.75, 3.05) is 0 Å². The summed E-state index contributed by atoms with van der Waals surface area (Å²) >= 11 is 0. The highest BCUT2D eigenvalue weighted by atomic mass is 15.0. The molecule has 15 rings (SSSR count). The van der Waals surface area contributed by atoms with Gasteiger partial charge >= 0.3 is 0 Å². The van der Waals surface area contributed by atoms with Crippen molar-refractivity contribution in [3.8, 4) is 67.5 Å². The quantitative estimate of drug-likeness (QED) is 0.160. The summed E-state index contributed by atoms with van der Waals surface area (Å²) in [5.74, 6) is 4.77. The zero-order chi connectivity index (χ0) is 45.2. The third-order valence-electron chi connectivity index (χ3n) is 17.1. The lowest BCUT2D eigenvalue weighted by Gasteiger charge is -2.57. The van der Waals surface area contributed by atoms with Gasteiger partial charge in [0, 0.05) is 22.1 Å². The lowest BCUT2D eigenvalue weighted by Crippen LogP contribution is -2.48. The van der Waals surface area contributed by atoms with E-state index in [4.69, 9.17) is 15.0 Å². The van der Waals surface area contributed by atoms with Crippen LogP contribution in [0.2, 0.25) is 0 Å². The van der Waals surface area contributed by atoms with E-state index in [1.807, 2.05) is 0 Å². The Morgan fingerprint density at radius 3 is 1.47 bits per heavy atom. The van der Waals surface area contributed by atoms with Crippen molar-refractivity contribution in [3.05, 3.63) is 233 Å². The number of hydrogen-bond donors (Lipinski definition) is 0. The monoisotopic (exact) mass is 875 g/mol. The molecule has 0 atom stereocenters. The highest BCUT2D eigenvalue weighted by Gasteiger charge is 2.52. The van der Waals surface area contributed by atoms with E-state index in [1.165, 1.54) is 105 Å². The normalized spacial score (nSPS) is 21.8. The van der Waals surface area contributed by atoms with E-state index < -0.39 is 5.41 Å². The highest BCUT2D eigenvalue weighted by Crippen LogP contribution is 2.61. The Hall–Kier alpha value is -7.23. The molecule has 0 saturated heterocycles. The average molecular weight is 876 g/mol. The first-order valence-electron chi connectivity index (χ1n) is 24.9. The Kier molecular flexibility index (Phi) is 8.73. The van der Waals surface area contributed by atoms with Gasteiger partial charge in [0.05, 0.1) is 5.41 Å². The van der Waals surface area contributed by atoms with Gasteiger partial charge in [-0.3, -0.25) is 0 Å². The molecule has 0 aliphatic heterocycles. The van der Waals surface area contributed by atoms with Gasteiger partial charge in [-0.05, 0) is 152 Å². The van der Waals surface area contributed by atoms with Gasteiger partial charge in [-0.2, -0.15) is 0 Å².